The van der Waals surface area contributed by atoms with Gasteiger partial charge in [-0.25, -0.2) is 5.01 Å². The van der Waals surface area contributed by atoms with E-state index in [1.807, 2.05) is 121 Å². The van der Waals surface area contributed by atoms with Crippen molar-refractivity contribution in [1.82, 2.24) is 0 Å². The normalized spacial score (nSPS) is 20.3. The topological polar surface area (TPSA) is 71.3 Å². The van der Waals surface area contributed by atoms with Crippen molar-refractivity contribution < 1.29 is 13.2 Å². The molecule has 0 aromatic heterocycles. The number of hydrogen-bond donors (Lipinski definition) is 0. The van der Waals surface area contributed by atoms with E-state index < -0.39 is 21.5 Å². The molecule has 1 spiro atoms. The van der Waals surface area contributed by atoms with Gasteiger partial charge in [-0.1, -0.05) is 121 Å². The summed E-state index contributed by atoms with van der Waals surface area (Å²) in [5.74, 6) is 0.0701. The summed E-state index contributed by atoms with van der Waals surface area (Å²) in [6.45, 7) is 3.98. The van der Waals surface area contributed by atoms with Gasteiger partial charge in [0.15, 0.2) is 5.54 Å². The van der Waals surface area contributed by atoms with E-state index in [4.69, 9.17) is 9.84 Å². The first-order valence-electron chi connectivity index (χ1n) is 14.8. The molecule has 0 amide bonds. The summed E-state index contributed by atoms with van der Waals surface area (Å²) in [6.07, 6.45) is 2.00. The van der Waals surface area contributed by atoms with Gasteiger partial charge in [0.2, 0.25) is 5.90 Å². The number of benzene rings is 5. The van der Waals surface area contributed by atoms with E-state index in [9.17, 15) is 8.42 Å². The Balaban J connectivity index is 1.56. The van der Waals surface area contributed by atoms with Gasteiger partial charge in [-0.2, -0.15) is 13.5 Å². The van der Waals surface area contributed by atoms with Crippen LogP contribution in [0.2, 0.25) is 0 Å². The molecule has 7 heteroatoms. The third-order valence-electron chi connectivity index (χ3n) is 8.32. The number of rotatable bonds is 6. The Bertz CT molecular complexity index is 2060. The summed E-state index contributed by atoms with van der Waals surface area (Å²) >= 11 is 0. The van der Waals surface area contributed by atoms with Crippen LogP contribution in [0.5, 0.6) is 0 Å². The number of para-hydroxylation sites is 1. The molecule has 2 aliphatic heterocycles. The van der Waals surface area contributed by atoms with Crippen LogP contribution in [-0.2, 0) is 14.8 Å². The molecular formula is C38H31N3O3S. The zero-order valence-corrected chi connectivity index (χ0v) is 25.7. The Morgan fingerprint density at radius 1 is 0.711 bits per heavy atom. The maximum absolute atomic E-state index is 14.0. The summed E-state index contributed by atoms with van der Waals surface area (Å²) in [7, 11) is -4.18. The van der Waals surface area contributed by atoms with Crippen molar-refractivity contribution in [1.29, 1.82) is 0 Å². The van der Waals surface area contributed by atoms with Gasteiger partial charge in [-0.3, -0.25) is 0 Å². The molecule has 0 saturated heterocycles. The molecule has 5 aromatic carbocycles. The van der Waals surface area contributed by atoms with Crippen LogP contribution in [-0.4, -0.2) is 25.6 Å². The van der Waals surface area contributed by atoms with Crippen molar-refractivity contribution in [2.24, 2.45) is 9.50 Å². The molecular weight excluding hydrogens is 579 g/mol. The van der Waals surface area contributed by atoms with E-state index in [0.717, 1.165) is 39.2 Å². The van der Waals surface area contributed by atoms with Gasteiger partial charge in [0, 0.05) is 5.56 Å². The average molecular weight is 610 g/mol. The molecule has 6 nitrogen and oxygen atoms in total. The third kappa shape index (κ3) is 5.05. The number of sulfonamides is 1. The van der Waals surface area contributed by atoms with Crippen molar-refractivity contribution in [3.05, 3.63) is 173 Å². The Hall–Kier alpha value is -5.27. The minimum atomic E-state index is -4.18. The van der Waals surface area contributed by atoms with Gasteiger partial charge in [-0.15, -0.1) is 4.40 Å². The van der Waals surface area contributed by atoms with Crippen molar-refractivity contribution in [2.45, 2.75) is 30.2 Å². The van der Waals surface area contributed by atoms with Crippen molar-refractivity contribution >= 4 is 33.1 Å². The first-order chi connectivity index (χ1) is 21.9. The fourth-order valence-corrected chi connectivity index (χ4v) is 7.08. The Kier molecular flexibility index (Phi) is 7.18. The van der Waals surface area contributed by atoms with E-state index in [1.54, 1.807) is 24.3 Å². The summed E-state index contributed by atoms with van der Waals surface area (Å²) in [4.78, 5) is 0.0911. The molecule has 0 aliphatic carbocycles. The van der Waals surface area contributed by atoms with E-state index >= 15 is 0 Å². The summed E-state index contributed by atoms with van der Waals surface area (Å²) in [5.41, 5.74) is 5.01. The maximum Gasteiger partial charge on any atom is 0.285 e. The number of anilines is 1. The highest BCUT2D eigenvalue weighted by Crippen LogP contribution is 2.52. The lowest BCUT2D eigenvalue weighted by Gasteiger charge is -2.36. The summed E-state index contributed by atoms with van der Waals surface area (Å²) in [5, 5.41) is 7.19. The average Bonchev–Trinajstić information content (AvgIpc) is 3.60. The molecule has 0 bridgehead atoms. The lowest BCUT2D eigenvalue weighted by molar-refractivity contribution is 0.474. The number of nitrogens with zero attached hydrogens (tertiary/aromatic N) is 3. The molecule has 2 atom stereocenters. The highest BCUT2D eigenvalue weighted by molar-refractivity contribution is 7.90. The Labute approximate surface area is 263 Å². The molecule has 222 valence electrons. The zero-order valence-electron chi connectivity index (χ0n) is 24.9. The minimum absolute atomic E-state index is 0.0358. The second kappa shape index (κ2) is 11.3. The molecule has 0 saturated carbocycles. The Morgan fingerprint density at radius 3 is 1.93 bits per heavy atom. The minimum Gasteiger partial charge on any atom is -0.439 e. The van der Waals surface area contributed by atoms with Crippen LogP contribution in [0.3, 0.4) is 0 Å². The van der Waals surface area contributed by atoms with Crippen LogP contribution in [0.15, 0.2) is 160 Å². The van der Waals surface area contributed by atoms with Crippen LogP contribution < -0.4 is 5.01 Å². The number of aryl methyl sites for hydroxylation is 2. The van der Waals surface area contributed by atoms with Crippen molar-refractivity contribution in [3.8, 4) is 0 Å². The zero-order chi connectivity index (χ0) is 31.0. The van der Waals surface area contributed by atoms with Crippen LogP contribution in [0, 0.1) is 13.8 Å². The molecule has 0 N–H and O–H groups in total. The van der Waals surface area contributed by atoms with Crippen LogP contribution in [0.4, 0.5) is 5.69 Å². The second-order valence-electron chi connectivity index (χ2n) is 11.3. The summed E-state index contributed by atoms with van der Waals surface area (Å²) < 4.78 is 39.2. The summed E-state index contributed by atoms with van der Waals surface area (Å²) in [6, 6.07) is 44.3. The SMILES string of the molecule is Cc1ccc(S(=O)(=O)N=C2OC(c3ccccc3)=CC23C(c2ccccc2C)C(c2ccccc2)=NN3c2ccccc2)cc1. The van der Waals surface area contributed by atoms with Gasteiger partial charge < -0.3 is 4.74 Å². The lowest BCUT2D eigenvalue weighted by Crippen LogP contribution is -2.52. The highest BCUT2D eigenvalue weighted by Gasteiger charge is 2.60. The smallest absolute Gasteiger partial charge is 0.285 e. The van der Waals surface area contributed by atoms with E-state index in [2.05, 4.69) is 23.5 Å². The molecule has 2 unspecified atom stereocenters. The Morgan fingerprint density at radius 2 is 1.29 bits per heavy atom. The standard InChI is InChI=1S/C38H31N3O3S/c1-27-22-24-32(25-23-27)45(42,43)40-37-38(26-34(44-37)29-15-6-3-7-16-29)35(33-21-13-12-14-28(33)2)36(30-17-8-4-9-18-30)39-41(38)31-19-10-5-11-20-31/h3-26,35H,1-2H3. The van der Waals surface area contributed by atoms with E-state index in [0.29, 0.717) is 5.76 Å². The third-order valence-corrected chi connectivity index (χ3v) is 9.60. The molecule has 7 rings (SSSR count). The van der Waals surface area contributed by atoms with Crippen LogP contribution in [0.25, 0.3) is 5.76 Å². The lowest BCUT2D eigenvalue weighted by atomic mass is 9.73. The predicted octanol–water partition coefficient (Wildman–Crippen LogP) is 7.91. The first kappa shape index (κ1) is 28.5. The van der Waals surface area contributed by atoms with Crippen molar-refractivity contribution in [2.75, 3.05) is 5.01 Å². The van der Waals surface area contributed by atoms with Gasteiger partial charge in [0.25, 0.3) is 10.0 Å². The van der Waals surface area contributed by atoms with E-state index in [1.165, 1.54) is 0 Å². The fourth-order valence-electron chi connectivity index (χ4n) is 6.09. The fraction of sp³-hybridized carbons (Fsp3) is 0.105. The second-order valence-corrected chi connectivity index (χ2v) is 12.9. The van der Waals surface area contributed by atoms with Gasteiger partial charge in [0.05, 0.1) is 22.2 Å². The quantitative estimate of drug-likeness (QED) is 0.196. The predicted molar refractivity (Wildman–Crippen MR) is 180 cm³/mol. The highest BCUT2D eigenvalue weighted by atomic mass is 32.2. The van der Waals surface area contributed by atoms with Crippen LogP contribution >= 0.6 is 0 Å². The van der Waals surface area contributed by atoms with Crippen LogP contribution in [0.1, 0.15) is 33.7 Å². The monoisotopic (exact) mass is 609 g/mol. The molecule has 5 aromatic rings. The molecule has 2 heterocycles. The van der Waals surface area contributed by atoms with Gasteiger partial charge in [-0.05, 0) is 60.9 Å². The number of ether oxygens (including phenoxy) is 1. The number of hydrogen-bond acceptors (Lipinski definition) is 5. The largest absolute Gasteiger partial charge is 0.439 e. The van der Waals surface area contributed by atoms with Gasteiger partial charge >= 0.3 is 0 Å². The first-order valence-corrected chi connectivity index (χ1v) is 16.2. The molecule has 0 fully saturated rings. The molecule has 2 aliphatic rings. The molecule has 45 heavy (non-hydrogen) atoms. The molecule has 0 radical (unpaired) electrons. The maximum atomic E-state index is 14.0. The number of hydrazone groups is 1. The van der Waals surface area contributed by atoms with Crippen molar-refractivity contribution in [3.63, 3.8) is 0 Å². The van der Waals surface area contributed by atoms with E-state index in [-0.39, 0.29) is 10.8 Å². The van der Waals surface area contributed by atoms with Gasteiger partial charge in [0.1, 0.15) is 5.76 Å².